The summed E-state index contributed by atoms with van der Waals surface area (Å²) >= 11 is 0. The number of methoxy groups -OCH3 is 2. The molecule has 144 valence electrons. The highest BCUT2D eigenvalue weighted by Gasteiger charge is 2.06. The third kappa shape index (κ3) is 9.99. The Morgan fingerprint density at radius 3 is 1.70 bits per heavy atom. The molecule has 0 aromatic heterocycles. The van der Waals surface area contributed by atoms with Crippen molar-refractivity contribution in [1.82, 2.24) is 0 Å². The van der Waals surface area contributed by atoms with E-state index in [1.165, 1.54) is 18.2 Å². The van der Waals surface area contributed by atoms with Gasteiger partial charge in [0, 0.05) is 19.8 Å². The van der Waals surface area contributed by atoms with Gasteiger partial charge in [-0.25, -0.2) is 4.39 Å². The lowest BCUT2D eigenvalue weighted by molar-refractivity contribution is -0.104. The number of aldehydes is 2. The number of halogens is 1. The van der Waals surface area contributed by atoms with Gasteiger partial charge < -0.3 is 9.47 Å². The molecule has 0 aliphatic rings. The fraction of sp³-hybridized carbons (Fsp3) is 0.182. The smallest absolute Gasteiger partial charge is 0.142 e. The van der Waals surface area contributed by atoms with Crippen LogP contribution in [0, 0.1) is 5.82 Å². The number of ether oxygens (including phenoxy) is 2. The van der Waals surface area contributed by atoms with E-state index in [2.05, 4.69) is 13.2 Å². The maximum atomic E-state index is 14.0. The molecule has 0 fully saturated rings. The molecule has 2 aromatic rings. The van der Waals surface area contributed by atoms with Crippen LogP contribution in [0.2, 0.25) is 0 Å². The molecular weight excluding hydrogens is 347 g/mol. The van der Waals surface area contributed by atoms with Crippen LogP contribution in [0.4, 0.5) is 4.39 Å². The first kappa shape index (κ1) is 24.1. The Bertz CT molecular complexity index is 685. The van der Waals surface area contributed by atoms with Gasteiger partial charge in [0.2, 0.25) is 0 Å². The second kappa shape index (κ2) is 15.4. The molecule has 0 saturated carbocycles. The van der Waals surface area contributed by atoms with Gasteiger partial charge in [-0.1, -0.05) is 49.6 Å². The molecule has 5 heteroatoms. The summed E-state index contributed by atoms with van der Waals surface area (Å²) in [6.07, 6.45) is 3.67. The van der Waals surface area contributed by atoms with Gasteiger partial charge in [0.05, 0.1) is 13.2 Å². The highest BCUT2D eigenvalue weighted by atomic mass is 19.1. The first-order chi connectivity index (χ1) is 13.1. The fourth-order valence-electron chi connectivity index (χ4n) is 2.00. The summed E-state index contributed by atoms with van der Waals surface area (Å²) in [5.41, 5.74) is 3.37. The molecule has 0 spiro atoms. The zero-order chi connectivity index (χ0) is 20.5. The third-order valence-electron chi connectivity index (χ3n) is 3.11. The van der Waals surface area contributed by atoms with Crippen molar-refractivity contribution in [3.05, 3.63) is 84.7 Å². The largest absolute Gasteiger partial charge is 0.380 e. The number of hydrogen-bond acceptors (Lipinski definition) is 4. The summed E-state index contributed by atoms with van der Waals surface area (Å²) in [7, 11) is 3.25. The molecule has 4 nitrogen and oxygen atoms in total. The van der Waals surface area contributed by atoms with E-state index in [4.69, 9.17) is 19.1 Å². The van der Waals surface area contributed by atoms with E-state index >= 15 is 0 Å². The van der Waals surface area contributed by atoms with Crippen molar-refractivity contribution in [2.24, 2.45) is 0 Å². The monoisotopic (exact) mass is 372 g/mol. The van der Waals surface area contributed by atoms with E-state index in [0.717, 1.165) is 16.7 Å². The summed E-state index contributed by atoms with van der Waals surface area (Å²) in [6, 6.07) is 12.9. The number of rotatable bonds is 7. The number of hydrogen-bond donors (Lipinski definition) is 0. The Hall–Kier alpha value is -2.89. The first-order valence-electron chi connectivity index (χ1n) is 8.05. The summed E-state index contributed by atoms with van der Waals surface area (Å²) in [5.74, 6) is -0.228. The SMILES string of the molecule is C=CC=O.C=CC=O.COCc1ccc(-c2ccc(COC)cc2F)cc1. The Morgan fingerprint density at radius 1 is 0.852 bits per heavy atom. The summed E-state index contributed by atoms with van der Waals surface area (Å²) in [4.78, 5) is 18.1. The van der Waals surface area contributed by atoms with Gasteiger partial charge in [-0.3, -0.25) is 9.59 Å². The maximum absolute atomic E-state index is 14.0. The van der Waals surface area contributed by atoms with Crippen molar-refractivity contribution in [1.29, 1.82) is 0 Å². The van der Waals surface area contributed by atoms with E-state index in [-0.39, 0.29) is 5.82 Å². The minimum Gasteiger partial charge on any atom is -0.380 e. The molecule has 0 amide bonds. The van der Waals surface area contributed by atoms with E-state index in [9.17, 15) is 4.39 Å². The molecule has 0 bridgehead atoms. The van der Waals surface area contributed by atoms with E-state index in [1.807, 2.05) is 30.3 Å². The predicted molar refractivity (Wildman–Crippen MR) is 106 cm³/mol. The van der Waals surface area contributed by atoms with Gasteiger partial charge in [0.1, 0.15) is 18.4 Å². The van der Waals surface area contributed by atoms with Gasteiger partial charge in [0.25, 0.3) is 0 Å². The van der Waals surface area contributed by atoms with Gasteiger partial charge in [0.15, 0.2) is 0 Å². The fourth-order valence-corrected chi connectivity index (χ4v) is 2.00. The van der Waals surface area contributed by atoms with Crippen LogP contribution in [-0.2, 0) is 32.3 Å². The molecule has 0 radical (unpaired) electrons. The molecule has 27 heavy (non-hydrogen) atoms. The standard InChI is InChI=1S/C16H17FO2.2C3H4O/c1-18-10-12-3-6-14(7-4-12)15-8-5-13(11-19-2)9-16(15)17;2*1-2-3-4/h3-9H,10-11H2,1-2H3;2*2-3H,1H2. The molecule has 0 aliphatic carbocycles. The van der Waals surface area contributed by atoms with Crippen molar-refractivity contribution < 1.29 is 23.5 Å². The molecule has 0 atom stereocenters. The Kier molecular flexibility index (Phi) is 13.7. The second-order valence-electron chi connectivity index (χ2n) is 5.12. The van der Waals surface area contributed by atoms with Crippen LogP contribution >= 0.6 is 0 Å². The van der Waals surface area contributed by atoms with E-state index in [1.54, 1.807) is 20.3 Å². The molecule has 2 rings (SSSR count). The number of benzene rings is 2. The Morgan fingerprint density at radius 2 is 1.30 bits per heavy atom. The Balaban J connectivity index is 0.000000718. The van der Waals surface area contributed by atoms with Crippen LogP contribution in [-0.4, -0.2) is 26.8 Å². The van der Waals surface area contributed by atoms with Crippen LogP contribution in [0.3, 0.4) is 0 Å². The lowest BCUT2D eigenvalue weighted by atomic mass is 10.0. The van der Waals surface area contributed by atoms with Crippen molar-refractivity contribution in [2.75, 3.05) is 14.2 Å². The summed E-state index contributed by atoms with van der Waals surface area (Å²) in [6.45, 7) is 7.21. The van der Waals surface area contributed by atoms with Crippen LogP contribution in [0.5, 0.6) is 0 Å². The zero-order valence-corrected chi connectivity index (χ0v) is 15.7. The van der Waals surface area contributed by atoms with Crippen LogP contribution < -0.4 is 0 Å². The van der Waals surface area contributed by atoms with Crippen molar-refractivity contribution >= 4 is 12.6 Å². The van der Waals surface area contributed by atoms with Crippen molar-refractivity contribution in [2.45, 2.75) is 13.2 Å². The lowest BCUT2D eigenvalue weighted by Crippen LogP contribution is -1.92. The third-order valence-corrected chi connectivity index (χ3v) is 3.11. The van der Waals surface area contributed by atoms with Crippen molar-refractivity contribution in [3.63, 3.8) is 0 Å². The summed E-state index contributed by atoms with van der Waals surface area (Å²) in [5, 5.41) is 0. The molecule has 2 aromatic carbocycles. The highest BCUT2D eigenvalue weighted by Crippen LogP contribution is 2.24. The predicted octanol–water partition coefficient (Wildman–Crippen LogP) is 4.53. The van der Waals surface area contributed by atoms with Crippen LogP contribution in [0.15, 0.2) is 67.8 Å². The number of carbonyl (C=O) groups is 2. The maximum Gasteiger partial charge on any atom is 0.142 e. The highest BCUT2D eigenvalue weighted by molar-refractivity contribution is 5.65. The topological polar surface area (TPSA) is 52.6 Å². The molecule has 0 saturated heterocycles. The second-order valence-corrected chi connectivity index (χ2v) is 5.12. The molecule has 0 aliphatic heterocycles. The van der Waals surface area contributed by atoms with Gasteiger partial charge in [-0.2, -0.15) is 0 Å². The summed E-state index contributed by atoms with van der Waals surface area (Å²) < 4.78 is 24.1. The first-order valence-corrected chi connectivity index (χ1v) is 8.05. The number of carbonyl (C=O) groups excluding carboxylic acids is 2. The quantitative estimate of drug-likeness (QED) is 0.529. The molecule has 0 N–H and O–H groups in total. The minimum absolute atomic E-state index is 0.228. The molecular formula is C22H25FO4. The lowest BCUT2D eigenvalue weighted by Gasteiger charge is -2.07. The molecule has 0 heterocycles. The zero-order valence-electron chi connectivity index (χ0n) is 15.7. The van der Waals surface area contributed by atoms with Gasteiger partial charge in [-0.05, 0) is 34.9 Å². The molecule has 0 unspecified atom stereocenters. The average Bonchev–Trinajstić information content (AvgIpc) is 2.70. The van der Waals surface area contributed by atoms with Crippen LogP contribution in [0.25, 0.3) is 11.1 Å². The minimum atomic E-state index is -0.228. The Labute approximate surface area is 159 Å². The van der Waals surface area contributed by atoms with Crippen molar-refractivity contribution in [3.8, 4) is 11.1 Å². The van der Waals surface area contributed by atoms with E-state index in [0.29, 0.717) is 31.3 Å². The number of allylic oxidation sites excluding steroid dienone is 2. The van der Waals surface area contributed by atoms with Gasteiger partial charge >= 0.3 is 0 Å². The normalized spacial score (nSPS) is 9.00. The van der Waals surface area contributed by atoms with Gasteiger partial charge in [-0.15, -0.1) is 0 Å². The average molecular weight is 372 g/mol. The van der Waals surface area contributed by atoms with Crippen LogP contribution in [0.1, 0.15) is 11.1 Å². The van der Waals surface area contributed by atoms with E-state index < -0.39 is 0 Å².